The molecule has 1 fully saturated rings. The van der Waals surface area contributed by atoms with Gasteiger partial charge in [-0.1, -0.05) is 25.3 Å². The van der Waals surface area contributed by atoms with Gasteiger partial charge in [-0.15, -0.1) is 0 Å². The molecule has 92 valence electrons. The maximum atomic E-state index is 11.0. The van der Waals surface area contributed by atoms with E-state index < -0.39 is 0 Å². The highest BCUT2D eigenvalue weighted by Crippen LogP contribution is 2.27. The second-order valence-electron chi connectivity index (χ2n) is 4.36. The third-order valence-electron chi connectivity index (χ3n) is 3.11. The number of hydrogen-bond acceptors (Lipinski definition) is 3. The Morgan fingerprint density at radius 2 is 2.12 bits per heavy atom. The van der Waals surface area contributed by atoms with E-state index in [1.54, 1.807) is 13.0 Å². The monoisotopic (exact) mass is 226 g/mol. The van der Waals surface area contributed by atoms with Crippen molar-refractivity contribution in [2.24, 2.45) is 5.92 Å². The lowest BCUT2D eigenvalue weighted by molar-refractivity contribution is -0.137. The van der Waals surface area contributed by atoms with E-state index in [9.17, 15) is 9.90 Å². The molecule has 1 unspecified atom stereocenters. The van der Waals surface area contributed by atoms with Crippen LogP contribution in [0.15, 0.2) is 12.2 Å². The van der Waals surface area contributed by atoms with Crippen LogP contribution in [0, 0.1) is 5.92 Å². The zero-order valence-electron chi connectivity index (χ0n) is 10.0. The third kappa shape index (κ3) is 4.79. The molecule has 3 heteroatoms. The minimum atomic E-state index is -0.321. The van der Waals surface area contributed by atoms with Gasteiger partial charge in [-0.05, 0) is 32.1 Å². The first-order chi connectivity index (χ1) is 7.74. The summed E-state index contributed by atoms with van der Waals surface area (Å²) in [4.78, 5) is 11.0. The molecule has 0 aromatic heterocycles. The van der Waals surface area contributed by atoms with E-state index in [1.165, 1.54) is 25.3 Å². The van der Waals surface area contributed by atoms with E-state index in [-0.39, 0.29) is 12.1 Å². The number of aliphatic hydroxyl groups excluding tert-OH is 1. The summed E-state index contributed by atoms with van der Waals surface area (Å²) in [5.41, 5.74) is 0. The normalized spacial score (nSPS) is 19.9. The van der Waals surface area contributed by atoms with Gasteiger partial charge in [0.1, 0.15) is 0 Å². The summed E-state index contributed by atoms with van der Waals surface area (Å²) < 4.78 is 4.76. The number of rotatable bonds is 5. The molecule has 0 radical (unpaired) electrons. The fraction of sp³-hybridized carbons (Fsp3) is 0.769. The minimum Gasteiger partial charge on any atom is -0.463 e. The van der Waals surface area contributed by atoms with Crippen molar-refractivity contribution in [1.82, 2.24) is 0 Å². The smallest absolute Gasteiger partial charge is 0.330 e. The molecule has 1 saturated carbocycles. The van der Waals surface area contributed by atoms with Crippen molar-refractivity contribution >= 4 is 5.97 Å². The number of ether oxygens (including phenoxy) is 1. The largest absolute Gasteiger partial charge is 0.463 e. The average molecular weight is 226 g/mol. The molecule has 16 heavy (non-hydrogen) atoms. The molecule has 0 heterocycles. The second kappa shape index (κ2) is 7.44. The van der Waals surface area contributed by atoms with Gasteiger partial charge in [-0.3, -0.25) is 0 Å². The van der Waals surface area contributed by atoms with Gasteiger partial charge in [0.05, 0.1) is 12.7 Å². The maximum absolute atomic E-state index is 11.0. The molecule has 0 amide bonds. The van der Waals surface area contributed by atoms with Crippen LogP contribution in [0.25, 0.3) is 0 Å². The summed E-state index contributed by atoms with van der Waals surface area (Å²) in [6.45, 7) is 2.18. The van der Waals surface area contributed by atoms with Crippen molar-refractivity contribution in [3.8, 4) is 0 Å². The topological polar surface area (TPSA) is 46.5 Å². The molecule has 0 bridgehead atoms. The van der Waals surface area contributed by atoms with Gasteiger partial charge >= 0.3 is 5.97 Å². The molecular formula is C13H22O3. The standard InChI is InChI=1S/C13H22O3/c1-2-16-13(15)10-6-9-12(14)11-7-4-3-5-8-11/h6,10-12,14H,2-5,7-9H2,1H3/b10-6-. The van der Waals surface area contributed by atoms with Crippen molar-refractivity contribution in [3.63, 3.8) is 0 Å². The maximum Gasteiger partial charge on any atom is 0.330 e. The number of esters is 1. The SMILES string of the molecule is CCOC(=O)/C=C\CC(O)C1CCCCC1. The molecule has 0 spiro atoms. The fourth-order valence-corrected chi connectivity index (χ4v) is 2.21. The highest BCUT2D eigenvalue weighted by Gasteiger charge is 2.20. The first-order valence-electron chi connectivity index (χ1n) is 6.25. The van der Waals surface area contributed by atoms with Crippen molar-refractivity contribution in [2.45, 2.75) is 51.6 Å². The van der Waals surface area contributed by atoms with E-state index in [1.807, 2.05) is 0 Å². The van der Waals surface area contributed by atoms with Crippen LogP contribution in [0.2, 0.25) is 0 Å². The molecule has 1 atom stereocenters. The Hall–Kier alpha value is -0.830. The lowest BCUT2D eigenvalue weighted by atomic mass is 9.84. The summed E-state index contributed by atoms with van der Waals surface area (Å²) in [6.07, 6.45) is 9.37. The predicted octanol–water partition coefficient (Wildman–Crippen LogP) is 2.44. The van der Waals surface area contributed by atoms with Gasteiger partial charge in [-0.2, -0.15) is 0 Å². The first-order valence-corrected chi connectivity index (χ1v) is 6.25. The lowest BCUT2D eigenvalue weighted by Crippen LogP contribution is -2.22. The Labute approximate surface area is 97.5 Å². The minimum absolute atomic E-state index is 0.300. The summed E-state index contributed by atoms with van der Waals surface area (Å²) in [7, 11) is 0. The second-order valence-corrected chi connectivity index (χ2v) is 4.36. The van der Waals surface area contributed by atoms with Crippen molar-refractivity contribution in [1.29, 1.82) is 0 Å². The Kier molecular flexibility index (Phi) is 6.16. The van der Waals surface area contributed by atoms with Crippen molar-refractivity contribution < 1.29 is 14.6 Å². The molecule has 0 saturated heterocycles. The van der Waals surface area contributed by atoms with E-state index in [4.69, 9.17) is 4.74 Å². The third-order valence-corrected chi connectivity index (χ3v) is 3.11. The molecule has 1 aliphatic rings. The van der Waals surface area contributed by atoms with Crippen LogP contribution in [0.4, 0.5) is 0 Å². The molecule has 0 aromatic carbocycles. The van der Waals surface area contributed by atoms with Crippen LogP contribution < -0.4 is 0 Å². The quantitative estimate of drug-likeness (QED) is 0.578. The number of carbonyl (C=O) groups is 1. The van der Waals surface area contributed by atoms with Crippen LogP contribution in [0.3, 0.4) is 0 Å². The summed E-state index contributed by atoms with van der Waals surface area (Å²) in [6, 6.07) is 0. The van der Waals surface area contributed by atoms with Gasteiger partial charge in [0.2, 0.25) is 0 Å². The number of aliphatic hydroxyl groups is 1. The van der Waals surface area contributed by atoms with Gasteiger partial charge in [0.25, 0.3) is 0 Å². The zero-order chi connectivity index (χ0) is 11.8. The molecule has 1 rings (SSSR count). The summed E-state index contributed by atoms with van der Waals surface area (Å²) >= 11 is 0. The molecule has 1 N–H and O–H groups in total. The Morgan fingerprint density at radius 3 is 2.75 bits per heavy atom. The summed E-state index contributed by atoms with van der Waals surface area (Å²) in [5.74, 6) is 0.0962. The summed E-state index contributed by atoms with van der Waals surface area (Å²) in [5, 5.41) is 9.91. The van der Waals surface area contributed by atoms with Gasteiger partial charge < -0.3 is 9.84 Å². The van der Waals surface area contributed by atoms with E-state index in [2.05, 4.69) is 0 Å². The van der Waals surface area contributed by atoms with Crippen molar-refractivity contribution in [3.05, 3.63) is 12.2 Å². The van der Waals surface area contributed by atoms with Crippen LogP contribution in [-0.4, -0.2) is 23.8 Å². The van der Waals surface area contributed by atoms with E-state index in [0.29, 0.717) is 18.9 Å². The average Bonchev–Trinajstić information content (AvgIpc) is 2.30. The van der Waals surface area contributed by atoms with E-state index >= 15 is 0 Å². The molecule has 1 aliphatic carbocycles. The Bertz CT molecular complexity index is 229. The fourth-order valence-electron chi connectivity index (χ4n) is 2.21. The van der Waals surface area contributed by atoms with Crippen molar-refractivity contribution in [2.75, 3.05) is 6.61 Å². The van der Waals surface area contributed by atoms with Crippen LogP contribution in [0.1, 0.15) is 45.4 Å². The van der Waals surface area contributed by atoms with Crippen LogP contribution in [0.5, 0.6) is 0 Å². The Morgan fingerprint density at radius 1 is 1.44 bits per heavy atom. The molecule has 3 nitrogen and oxygen atoms in total. The number of hydrogen-bond donors (Lipinski definition) is 1. The molecular weight excluding hydrogens is 204 g/mol. The van der Waals surface area contributed by atoms with Gasteiger partial charge in [-0.25, -0.2) is 4.79 Å². The zero-order valence-corrected chi connectivity index (χ0v) is 10.0. The first kappa shape index (κ1) is 13.2. The highest BCUT2D eigenvalue weighted by molar-refractivity contribution is 5.81. The predicted molar refractivity (Wildman–Crippen MR) is 63.0 cm³/mol. The molecule has 0 aromatic rings. The van der Waals surface area contributed by atoms with E-state index in [0.717, 1.165) is 12.8 Å². The molecule has 0 aliphatic heterocycles. The van der Waals surface area contributed by atoms with Gasteiger partial charge in [0.15, 0.2) is 0 Å². The number of carbonyl (C=O) groups excluding carboxylic acids is 1. The van der Waals surface area contributed by atoms with Crippen LogP contribution in [-0.2, 0) is 9.53 Å². The lowest BCUT2D eigenvalue weighted by Gasteiger charge is -2.25. The Balaban J connectivity index is 2.22. The van der Waals surface area contributed by atoms with Crippen LogP contribution >= 0.6 is 0 Å². The van der Waals surface area contributed by atoms with Gasteiger partial charge in [0, 0.05) is 6.08 Å². The highest BCUT2D eigenvalue weighted by atomic mass is 16.5.